The van der Waals surface area contributed by atoms with Gasteiger partial charge in [0.15, 0.2) is 0 Å². The van der Waals surface area contributed by atoms with Crippen LogP contribution < -0.4 is 5.32 Å². The van der Waals surface area contributed by atoms with Crippen LogP contribution in [-0.4, -0.2) is 34.5 Å². The molecule has 0 aliphatic heterocycles. The van der Waals surface area contributed by atoms with E-state index in [-0.39, 0.29) is 36.6 Å². The summed E-state index contributed by atoms with van der Waals surface area (Å²) in [4.78, 5) is 39.4. The molecule has 32 heavy (non-hydrogen) atoms. The predicted molar refractivity (Wildman–Crippen MR) is 119 cm³/mol. The highest BCUT2D eigenvalue weighted by Crippen LogP contribution is 2.21. The first kappa shape index (κ1) is 22.6. The van der Waals surface area contributed by atoms with Gasteiger partial charge >= 0.3 is 12.0 Å². The quantitative estimate of drug-likeness (QED) is 0.548. The Balaban J connectivity index is 1.86. The lowest BCUT2D eigenvalue weighted by atomic mass is 10.1. The van der Waals surface area contributed by atoms with Gasteiger partial charge in [0.25, 0.3) is 5.91 Å². The third-order valence-corrected chi connectivity index (χ3v) is 4.70. The molecule has 0 spiro atoms. The molecule has 0 saturated carbocycles. The van der Waals surface area contributed by atoms with Crippen molar-refractivity contribution in [2.75, 3.05) is 6.61 Å². The lowest BCUT2D eigenvalue weighted by molar-refractivity contribution is 0.0523. The first-order valence-corrected chi connectivity index (χ1v) is 10.2. The summed E-state index contributed by atoms with van der Waals surface area (Å²) in [6.45, 7) is 2.05. The van der Waals surface area contributed by atoms with E-state index >= 15 is 0 Å². The summed E-state index contributed by atoms with van der Waals surface area (Å²) in [7, 11) is 0. The van der Waals surface area contributed by atoms with Crippen LogP contribution in [0.15, 0.2) is 78.9 Å². The first-order valence-electron chi connectivity index (χ1n) is 10.2. The summed E-state index contributed by atoms with van der Waals surface area (Å²) in [5.74, 6) is -1.66. The van der Waals surface area contributed by atoms with E-state index in [0.29, 0.717) is 0 Å². The Bertz CT molecular complexity index is 1080. The van der Waals surface area contributed by atoms with Crippen molar-refractivity contribution in [2.45, 2.75) is 20.0 Å². The minimum Gasteiger partial charge on any atom is -0.507 e. The second-order valence-electron chi connectivity index (χ2n) is 6.97. The first-order chi connectivity index (χ1) is 15.5. The average molecular weight is 432 g/mol. The number of nitrogens with zero attached hydrogens (tertiary/aromatic N) is 1. The van der Waals surface area contributed by atoms with Gasteiger partial charge in [0.1, 0.15) is 11.3 Å². The highest BCUT2D eigenvalue weighted by molar-refractivity contribution is 6.06. The molecule has 7 nitrogen and oxygen atoms in total. The topological polar surface area (TPSA) is 95.9 Å². The van der Waals surface area contributed by atoms with E-state index in [4.69, 9.17) is 4.74 Å². The third kappa shape index (κ3) is 5.72. The fraction of sp³-hybridized carbons (Fsp3) is 0.160. The molecule has 0 fully saturated rings. The minimum atomic E-state index is -0.747. The maximum absolute atomic E-state index is 13.3. The van der Waals surface area contributed by atoms with Gasteiger partial charge in [-0.3, -0.25) is 9.69 Å². The van der Waals surface area contributed by atoms with Crippen molar-refractivity contribution in [1.29, 1.82) is 0 Å². The van der Waals surface area contributed by atoms with Crippen LogP contribution >= 0.6 is 0 Å². The minimum absolute atomic E-state index is 0.0376. The van der Waals surface area contributed by atoms with E-state index in [1.807, 2.05) is 60.7 Å². The van der Waals surface area contributed by atoms with E-state index in [0.717, 1.165) is 16.0 Å². The number of benzene rings is 3. The van der Waals surface area contributed by atoms with E-state index in [1.54, 1.807) is 6.92 Å². The largest absolute Gasteiger partial charge is 0.507 e. The van der Waals surface area contributed by atoms with Crippen LogP contribution in [0.2, 0.25) is 0 Å². The molecule has 0 aliphatic carbocycles. The zero-order valence-electron chi connectivity index (χ0n) is 17.7. The highest BCUT2D eigenvalue weighted by Gasteiger charge is 2.25. The number of hydrogen-bond acceptors (Lipinski definition) is 5. The fourth-order valence-corrected chi connectivity index (χ4v) is 3.07. The lowest BCUT2D eigenvalue weighted by Crippen LogP contribution is -2.43. The summed E-state index contributed by atoms with van der Waals surface area (Å²) in [6.07, 6.45) is 0. The number of aromatic hydroxyl groups is 1. The van der Waals surface area contributed by atoms with Crippen molar-refractivity contribution < 1.29 is 24.2 Å². The Morgan fingerprint density at radius 1 is 0.906 bits per heavy atom. The molecule has 0 saturated heterocycles. The number of rotatable bonds is 7. The molecule has 0 unspecified atom stereocenters. The zero-order chi connectivity index (χ0) is 22.9. The maximum Gasteiger partial charge on any atom is 0.341 e. The van der Waals surface area contributed by atoms with E-state index in [9.17, 15) is 19.5 Å². The average Bonchev–Trinajstić information content (AvgIpc) is 2.82. The summed E-state index contributed by atoms with van der Waals surface area (Å²) >= 11 is 0. The number of ether oxygens (including phenoxy) is 1. The Hall–Kier alpha value is -4.13. The SMILES string of the molecule is CCOC(=O)c1cc(C(=O)N(Cc2ccccc2)C(=O)NCc2ccccc2)ccc1O. The molecule has 0 aliphatic rings. The number of hydrogen-bond donors (Lipinski definition) is 2. The number of carbonyl (C=O) groups is 3. The van der Waals surface area contributed by atoms with Gasteiger partial charge in [-0.05, 0) is 36.2 Å². The maximum atomic E-state index is 13.3. The van der Waals surface area contributed by atoms with Gasteiger partial charge in [-0.15, -0.1) is 0 Å². The normalized spacial score (nSPS) is 10.3. The summed E-state index contributed by atoms with van der Waals surface area (Å²) in [5.41, 5.74) is 1.60. The highest BCUT2D eigenvalue weighted by atomic mass is 16.5. The molecule has 7 heteroatoms. The Morgan fingerprint density at radius 3 is 2.16 bits per heavy atom. The summed E-state index contributed by atoms with van der Waals surface area (Å²) < 4.78 is 4.93. The molecule has 0 radical (unpaired) electrons. The molecule has 3 aromatic carbocycles. The Labute approximate surface area is 186 Å². The summed E-state index contributed by atoms with van der Waals surface area (Å²) in [5, 5.41) is 12.8. The van der Waals surface area contributed by atoms with E-state index < -0.39 is 17.9 Å². The number of nitrogens with one attached hydrogen (secondary N) is 1. The van der Waals surface area contributed by atoms with Gasteiger partial charge in [-0.1, -0.05) is 60.7 Å². The van der Waals surface area contributed by atoms with Crippen LogP contribution in [0.5, 0.6) is 5.75 Å². The van der Waals surface area contributed by atoms with Crippen molar-refractivity contribution in [3.63, 3.8) is 0 Å². The zero-order valence-corrected chi connectivity index (χ0v) is 17.7. The predicted octanol–water partition coefficient (Wildman–Crippen LogP) is 4.12. The number of esters is 1. The number of urea groups is 1. The molecule has 164 valence electrons. The molecule has 0 aromatic heterocycles. The van der Waals surface area contributed by atoms with Crippen molar-refractivity contribution in [3.8, 4) is 5.75 Å². The van der Waals surface area contributed by atoms with Crippen molar-refractivity contribution in [1.82, 2.24) is 10.2 Å². The third-order valence-electron chi connectivity index (χ3n) is 4.70. The van der Waals surface area contributed by atoms with E-state index in [2.05, 4.69) is 5.32 Å². The Kier molecular flexibility index (Phi) is 7.59. The van der Waals surface area contributed by atoms with Crippen LogP contribution in [0, 0.1) is 0 Å². The number of carbonyl (C=O) groups excluding carboxylic acids is 3. The van der Waals surface area contributed by atoms with Crippen molar-refractivity contribution in [3.05, 3.63) is 101 Å². The fourth-order valence-electron chi connectivity index (χ4n) is 3.07. The number of amides is 3. The van der Waals surface area contributed by atoms with Gasteiger partial charge in [0.2, 0.25) is 0 Å². The summed E-state index contributed by atoms with van der Waals surface area (Å²) in [6, 6.07) is 21.7. The van der Waals surface area contributed by atoms with Crippen LogP contribution in [0.1, 0.15) is 38.8 Å². The standard InChI is InChI=1S/C25H24N2O5/c1-2-32-24(30)21-15-20(13-14-22(21)28)23(29)27(17-19-11-7-4-8-12-19)25(31)26-16-18-9-5-3-6-10-18/h3-15,28H,2,16-17H2,1H3,(H,26,31). The van der Waals surface area contributed by atoms with Gasteiger partial charge < -0.3 is 15.2 Å². The van der Waals surface area contributed by atoms with Gasteiger partial charge in [-0.2, -0.15) is 0 Å². The molecule has 0 heterocycles. The second-order valence-corrected chi connectivity index (χ2v) is 6.97. The second kappa shape index (κ2) is 10.8. The van der Waals surface area contributed by atoms with Crippen LogP contribution in [-0.2, 0) is 17.8 Å². The molecule has 3 rings (SSSR count). The van der Waals surface area contributed by atoms with Crippen LogP contribution in [0.4, 0.5) is 4.79 Å². The van der Waals surface area contributed by atoms with Crippen molar-refractivity contribution in [2.24, 2.45) is 0 Å². The van der Waals surface area contributed by atoms with Crippen molar-refractivity contribution >= 4 is 17.9 Å². The molecular formula is C25H24N2O5. The molecule has 0 atom stereocenters. The van der Waals surface area contributed by atoms with Gasteiger partial charge in [0.05, 0.1) is 13.2 Å². The Morgan fingerprint density at radius 2 is 1.53 bits per heavy atom. The van der Waals surface area contributed by atoms with E-state index in [1.165, 1.54) is 18.2 Å². The van der Waals surface area contributed by atoms with Crippen LogP contribution in [0.3, 0.4) is 0 Å². The lowest BCUT2D eigenvalue weighted by Gasteiger charge is -2.22. The number of phenols is 1. The molecule has 2 N–H and O–H groups in total. The molecule has 0 bridgehead atoms. The number of imide groups is 1. The van der Waals surface area contributed by atoms with Gasteiger partial charge in [-0.25, -0.2) is 9.59 Å². The molecule has 3 amide bonds. The molecule has 3 aromatic rings. The molecular weight excluding hydrogens is 408 g/mol. The number of phenolic OH excluding ortho intramolecular Hbond substituents is 1. The smallest absolute Gasteiger partial charge is 0.341 e. The monoisotopic (exact) mass is 432 g/mol. The van der Waals surface area contributed by atoms with Gasteiger partial charge in [0, 0.05) is 12.1 Å². The van der Waals surface area contributed by atoms with Crippen LogP contribution in [0.25, 0.3) is 0 Å².